The van der Waals surface area contributed by atoms with E-state index < -0.39 is 0 Å². The number of fused-ring (bicyclic) bond motifs is 1. The second-order valence-electron chi connectivity index (χ2n) is 6.55. The molecule has 25 heavy (non-hydrogen) atoms. The number of hydrogen-bond acceptors (Lipinski definition) is 3. The van der Waals surface area contributed by atoms with E-state index in [0.717, 1.165) is 37.3 Å². The van der Waals surface area contributed by atoms with Crippen molar-refractivity contribution in [3.63, 3.8) is 0 Å². The van der Waals surface area contributed by atoms with E-state index in [1.807, 2.05) is 43.4 Å². The molecule has 1 unspecified atom stereocenters. The van der Waals surface area contributed by atoms with Crippen molar-refractivity contribution in [2.75, 3.05) is 36.9 Å². The number of nitrogens with one attached hydrogen (secondary N) is 1. The highest BCUT2D eigenvalue weighted by Crippen LogP contribution is 2.31. The molecule has 0 spiro atoms. The molecule has 0 aliphatic carbocycles. The van der Waals surface area contributed by atoms with Gasteiger partial charge in [0, 0.05) is 24.5 Å². The van der Waals surface area contributed by atoms with Crippen molar-refractivity contribution < 1.29 is 4.79 Å². The number of carbonyl (C=O) groups is 1. The lowest BCUT2D eigenvalue weighted by atomic mass is 10.0. The van der Waals surface area contributed by atoms with Crippen LogP contribution in [0.1, 0.15) is 31.0 Å². The minimum absolute atomic E-state index is 0.0107. The standard InChI is InChI=1S/C21H27N3O/c1-4-23(3)20(17-9-7-6-8-10-17)21(25)22-18-12-11-16-13-14-24(5-2)19(16)15-18/h6-12,15,20H,4-5,13-14H2,1-3H3,(H,22,25). The Balaban J connectivity index is 1.82. The summed E-state index contributed by atoms with van der Waals surface area (Å²) in [6, 6.07) is 15.9. The van der Waals surface area contributed by atoms with Gasteiger partial charge in [-0.1, -0.05) is 43.3 Å². The maximum atomic E-state index is 13.0. The zero-order chi connectivity index (χ0) is 17.8. The fraction of sp³-hybridized carbons (Fsp3) is 0.381. The Bertz CT molecular complexity index is 729. The van der Waals surface area contributed by atoms with Crippen LogP contribution in [-0.4, -0.2) is 37.5 Å². The Morgan fingerprint density at radius 1 is 1.20 bits per heavy atom. The van der Waals surface area contributed by atoms with Crippen molar-refractivity contribution in [3.05, 3.63) is 59.7 Å². The Kier molecular flexibility index (Phi) is 5.39. The molecule has 1 N–H and O–H groups in total. The lowest BCUT2D eigenvalue weighted by Gasteiger charge is -2.26. The first-order valence-corrected chi connectivity index (χ1v) is 9.08. The molecule has 0 saturated carbocycles. The topological polar surface area (TPSA) is 35.6 Å². The van der Waals surface area contributed by atoms with Crippen molar-refractivity contribution in [2.24, 2.45) is 0 Å². The maximum absolute atomic E-state index is 13.0. The van der Waals surface area contributed by atoms with Crippen LogP contribution in [0.25, 0.3) is 0 Å². The molecule has 3 rings (SSSR count). The third kappa shape index (κ3) is 3.69. The summed E-state index contributed by atoms with van der Waals surface area (Å²) in [4.78, 5) is 17.4. The average molecular weight is 337 g/mol. The van der Waals surface area contributed by atoms with E-state index in [4.69, 9.17) is 0 Å². The first kappa shape index (κ1) is 17.5. The number of hydrogen-bond donors (Lipinski definition) is 1. The van der Waals surface area contributed by atoms with Crippen LogP contribution in [-0.2, 0) is 11.2 Å². The van der Waals surface area contributed by atoms with Crippen LogP contribution in [0.2, 0.25) is 0 Å². The van der Waals surface area contributed by atoms with Crippen LogP contribution in [0.3, 0.4) is 0 Å². The normalized spacial score (nSPS) is 14.5. The minimum atomic E-state index is -0.290. The third-order valence-corrected chi connectivity index (χ3v) is 5.03. The molecule has 1 aliphatic heterocycles. The minimum Gasteiger partial charge on any atom is -0.371 e. The molecule has 132 valence electrons. The number of benzene rings is 2. The van der Waals surface area contributed by atoms with Crippen LogP contribution in [0.4, 0.5) is 11.4 Å². The van der Waals surface area contributed by atoms with Crippen LogP contribution < -0.4 is 10.2 Å². The predicted octanol–water partition coefficient (Wildman–Crippen LogP) is 3.70. The molecule has 0 bridgehead atoms. The van der Waals surface area contributed by atoms with E-state index >= 15 is 0 Å². The summed E-state index contributed by atoms with van der Waals surface area (Å²) in [7, 11) is 1.98. The van der Waals surface area contributed by atoms with Gasteiger partial charge in [-0.2, -0.15) is 0 Å². The van der Waals surface area contributed by atoms with Crippen molar-refractivity contribution in [1.82, 2.24) is 4.90 Å². The van der Waals surface area contributed by atoms with Crippen molar-refractivity contribution in [3.8, 4) is 0 Å². The zero-order valence-corrected chi connectivity index (χ0v) is 15.3. The van der Waals surface area contributed by atoms with E-state index in [2.05, 4.69) is 41.1 Å². The molecule has 0 aromatic heterocycles. The number of anilines is 2. The van der Waals surface area contributed by atoms with Gasteiger partial charge in [-0.15, -0.1) is 0 Å². The predicted molar refractivity (Wildman–Crippen MR) is 104 cm³/mol. The monoisotopic (exact) mass is 337 g/mol. The van der Waals surface area contributed by atoms with Gasteiger partial charge < -0.3 is 10.2 Å². The smallest absolute Gasteiger partial charge is 0.246 e. The fourth-order valence-electron chi connectivity index (χ4n) is 3.49. The molecule has 2 aromatic carbocycles. The number of carbonyl (C=O) groups excluding carboxylic acids is 1. The Hall–Kier alpha value is -2.33. The fourth-order valence-corrected chi connectivity index (χ4v) is 3.49. The van der Waals surface area contributed by atoms with Gasteiger partial charge in [0.15, 0.2) is 0 Å². The summed E-state index contributed by atoms with van der Waals surface area (Å²) < 4.78 is 0. The second-order valence-corrected chi connectivity index (χ2v) is 6.55. The molecule has 0 fully saturated rings. The second kappa shape index (κ2) is 7.70. The van der Waals surface area contributed by atoms with Gasteiger partial charge >= 0.3 is 0 Å². The van der Waals surface area contributed by atoms with E-state index in [9.17, 15) is 4.79 Å². The highest BCUT2D eigenvalue weighted by Gasteiger charge is 2.25. The molecule has 0 saturated heterocycles. The quantitative estimate of drug-likeness (QED) is 0.873. The summed E-state index contributed by atoms with van der Waals surface area (Å²) >= 11 is 0. The number of nitrogens with zero attached hydrogens (tertiary/aromatic N) is 2. The molecule has 4 heteroatoms. The van der Waals surface area contributed by atoms with Gasteiger partial charge in [-0.25, -0.2) is 0 Å². The third-order valence-electron chi connectivity index (χ3n) is 5.03. The maximum Gasteiger partial charge on any atom is 0.246 e. The van der Waals surface area contributed by atoms with E-state index in [-0.39, 0.29) is 11.9 Å². The van der Waals surface area contributed by atoms with Gasteiger partial charge in [-0.05, 0) is 50.2 Å². The van der Waals surface area contributed by atoms with Crippen LogP contribution in [0.5, 0.6) is 0 Å². The number of rotatable bonds is 6. The molecule has 0 radical (unpaired) electrons. The summed E-state index contributed by atoms with van der Waals surface area (Å²) in [5.74, 6) is 0.0107. The summed E-state index contributed by atoms with van der Waals surface area (Å²) in [5.41, 5.74) is 4.50. The Labute approximate surface area is 150 Å². The van der Waals surface area contributed by atoms with Crippen molar-refractivity contribution >= 4 is 17.3 Å². The summed E-state index contributed by atoms with van der Waals surface area (Å²) in [5, 5.41) is 3.12. The molecular formula is C21H27N3O. The molecule has 4 nitrogen and oxygen atoms in total. The van der Waals surface area contributed by atoms with Gasteiger partial charge in [-0.3, -0.25) is 9.69 Å². The molecule has 1 heterocycles. The van der Waals surface area contributed by atoms with E-state index in [1.54, 1.807) is 0 Å². The molecule has 1 aliphatic rings. The summed E-state index contributed by atoms with van der Waals surface area (Å²) in [6.07, 6.45) is 1.09. The Morgan fingerprint density at radius 3 is 2.64 bits per heavy atom. The zero-order valence-electron chi connectivity index (χ0n) is 15.3. The van der Waals surface area contributed by atoms with Crippen molar-refractivity contribution in [1.29, 1.82) is 0 Å². The molecule has 1 amide bonds. The lowest BCUT2D eigenvalue weighted by molar-refractivity contribution is -0.121. The number of likely N-dealkylation sites (N-methyl/N-ethyl adjacent to an activating group) is 2. The van der Waals surface area contributed by atoms with Crippen LogP contribution in [0.15, 0.2) is 48.5 Å². The highest BCUT2D eigenvalue weighted by molar-refractivity contribution is 5.96. The molecular weight excluding hydrogens is 310 g/mol. The van der Waals surface area contributed by atoms with Gasteiger partial charge in [0.05, 0.1) is 0 Å². The lowest BCUT2D eigenvalue weighted by Crippen LogP contribution is -2.34. The highest BCUT2D eigenvalue weighted by atomic mass is 16.2. The Morgan fingerprint density at radius 2 is 1.96 bits per heavy atom. The number of amides is 1. The van der Waals surface area contributed by atoms with Crippen LogP contribution in [0, 0.1) is 0 Å². The first-order valence-electron chi connectivity index (χ1n) is 9.08. The SMILES string of the molecule is CCN1CCc2ccc(NC(=O)C(c3ccccc3)N(C)CC)cc21. The van der Waals surface area contributed by atoms with Crippen molar-refractivity contribution in [2.45, 2.75) is 26.3 Å². The summed E-state index contributed by atoms with van der Waals surface area (Å²) in [6.45, 7) is 7.10. The van der Waals surface area contributed by atoms with E-state index in [0.29, 0.717) is 0 Å². The van der Waals surface area contributed by atoms with Gasteiger partial charge in [0.25, 0.3) is 0 Å². The largest absolute Gasteiger partial charge is 0.371 e. The average Bonchev–Trinajstić information content (AvgIpc) is 3.05. The molecule has 1 atom stereocenters. The van der Waals surface area contributed by atoms with Gasteiger partial charge in [0.1, 0.15) is 6.04 Å². The van der Waals surface area contributed by atoms with Gasteiger partial charge in [0.2, 0.25) is 5.91 Å². The van der Waals surface area contributed by atoms with E-state index in [1.165, 1.54) is 11.3 Å². The molecule has 2 aromatic rings. The first-order chi connectivity index (χ1) is 12.1. The van der Waals surface area contributed by atoms with Crippen LogP contribution >= 0.6 is 0 Å².